The molecule has 5 heteroatoms. The molecule has 0 amide bonds. The monoisotopic (exact) mass is 938 g/mol. The Morgan fingerprint density at radius 2 is 0.918 bits per heavy atom. The van der Waals surface area contributed by atoms with E-state index in [0.29, 0.717) is 6.54 Å². The molecule has 0 fully saturated rings. The van der Waals surface area contributed by atoms with E-state index in [-0.39, 0.29) is 0 Å². The maximum Gasteiger partial charge on any atom is 0.136 e. The van der Waals surface area contributed by atoms with E-state index < -0.39 is 5.41 Å². The topological polar surface area (TPSA) is 45.4 Å². The predicted octanol–water partition coefficient (Wildman–Crippen LogP) is 17.5. The largest absolute Gasteiger partial charge is 0.456 e. The summed E-state index contributed by atoms with van der Waals surface area (Å²) in [6.07, 6.45) is 3.99. The Balaban J connectivity index is 1.10. The molecule has 9 aromatic carbocycles. The third kappa shape index (κ3) is 7.56. The first kappa shape index (κ1) is 43.7. The summed E-state index contributed by atoms with van der Waals surface area (Å²) in [6, 6.07) is 87.7. The van der Waals surface area contributed by atoms with Crippen molar-refractivity contribution in [3.8, 4) is 33.4 Å². The Bertz CT molecular complexity index is 3870. The van der Waals surface area contributed by atoms with Crippen LogP contribution < -0.4 is 9.80 Å². The number of benzene rings is 9. The molecule has 12 aromatic rings. The molecule has 0 radical (unpaired) electrons. The van der Waals surface area contributed by atoms with E-state index in [4.69, 9.17) is 14.4 Å². The van der Waals surface area contributed by atoms with Gasteiger partial charge in [0.15, 0.2) is 0 Å². The number of para-hydroxylation sites is 1. The zero-order valence-corrected chi connectivity index (χ0v) is 40.7. The molecule has 0 aliphatic heterocycles. The second-order valence-corrected chi connectivity index (χ2v) is 19.0. The summed E-state index contributed by atoms with van der Waals surface area (Å²) >= 11 is 0. The summed E-state index contributed by atoms with van der Waals surface area (Å²) in [5, 5.41) is 2.19. The van der Waals surface area contributed by atoms with Gasteiger partial charge in [0.25, 0.3) is 0 Å². The van der Waals surface area contributed by atoms with Gasteiger partial charge in [0.2, 0.25) is 0 Å². The molecule has 0 atom stereocenters. The highest BCUT2D eigenvalue weighted by atomic mass is 16.3. The summed E-state index contributed by atoms with van der Waals surface area (Å²) in [7, 11) is 0. The Morgan fingerprint density at radius 3 is 1.49 bits per heavy atom. The smallest absolute Gasteiger partial charge is 0.136 e. The number of pyridine rings is 2. The van der Waals surface area contributed by atoms with E-state index in [1.807, 2.05) is 26.2 Å². The van der Waals surface area contributed by atoms with Gasteiger partial charge < -0.3 is 14.2 Å². The van der Waals surface area contributed by atoms with Gasteiger partial charge in [0, 0.05) is 45.8 Å². The van der Waals surface area contributed by atoms with E-state index in [1.165, 1.54) is 38.9 Å². The number of furan rings is 1. The Kier molecular flexibility index (Phi) is 10.8. The molecule has 0 saturated heterocycles. The van der Waals surface area contributed by atoms with Gasteiger partial charge in [0.1, 0.15) is 11.2 Å². The van der Waals surface area contributed by atoms with Crippen molar-refractivity contribution in [1.29, 1.82) is 0 Å². The number of aromatic nitrogens is 2. The highest BCUT2D eigenvalue weighted by molar-refractivity contribution is 6.16. The second kappa shape index (κ2) is 18.1. The fourth-order valence-electron chi connectivity index (χ4n) is 11.3. The normalized spacial score (nSPS) is 12.4. The minimum Gasteiger partial charge on any atom is -0.456 e. The van der Waals surface area contributed by atoms with Crippen LogP contribution in [-0.4, -0.2) is 9.97 Å². The summed E-state index contributed by atoms with van der Waals surface area (Å²) < 4.78 is 7.01. The molecule has 0 spiro atoms. The van der Waals surface area contributed by atoms with E-state index in [0.717, 1.165) is 84.0 Å². The summed E-state index contributed by atoms with van der Waals surface area (Å²) in [6.45, 7) is 4.61. The number of fused-ring (bicyclic) bond motifs is 7. The SMILES string of the molecule is Cc1ccc(N(Cc2cc3oc4ccccc4c3c3c2C(c2ccccc2)(c2ccccc2)c2ccc(N(c4ccc(-c5ccccc5)cc4)c4ccc(C)nc4)cc2-3)c2ccc(-c3ccccc3)cc2)cn1. The number of hydrogen-bond donors (Lipinski definition) is 0. The highest BCUT2D eigenvalue weighted by Crippen LogP contribution is 2.61. The van der Waals surface area contributed by atoms with Crippen LogP contribution in [0.3, 0.4) is 0 Å². The molecule has 0 unspecified atom stereocenters. The Morgan fingerprint density at radius 1 is 0.425 bits per heavy atom. The first-order valence-electron chi connectivity index (χ1n) is 25.0. The lowest BCUT2D eigenvalue weighted by molar-refractivity contribution is 0.667. The molecular formula is C68H50N4O. The molecule has 3 heterocycles. The number of aryl methyl sites for hydroxylation is 2. The molecule has 348 valence electrons. The van der Waals surface area contributed by atoms with Gasteiger partial charge in [-0.2, -0.15) is 0 Å². The predicted molar refractivity (Wildman–Crippen MR) is 300 cm³/mol. The third-order valence-corrected chi connectivity index (χ3v) is 14.7. The van der Waals surface area contributed by atoms with Crippen molar-refractivity contribution in [1.82, 2.24) is 9.97 Å². The van der Waals surface area contributed by atoms with Gasteiger partial charge in [-0.15, -0.1) is 0 Å². The van der Waals surface area contributed by atoms with Gasteiger partial charge in [-0.3, -0.25) is 9.97 Å². The van der Waals surface area contributed by atoms with E-state index in [2.05, 4.69) is 252 Å². The lowest BCUT2D eigenvalue weighted by atomic mass is 9.66. The fourth-order valence-corrected chi connectivity index (χ4v) is 11.3. The molecule has 1 aliphatic rings. The van der Waals surface area contributed by atoms with Crippen LogP contribution in [0, 0.1) is 13.8 Å². The minimum absolute atomic E-state index is 0.530. The van der Waals surface area contributed by atoms with Crippen LogP contribution in [0.5, 0.6) is 0 Å². The highest BCUT2D eigenvalue weighted by Gasteiger charge is 2.49. The first-order valence-corrected chi connectivity index (χ1v) is 25.0. The van der Waals surface area contributed by atoms with Crippen LogP contribution in [0.4, 0.5) is 28.4 Å². The maximum atomic E-state index is 7.01. The Hall–Kier alpha value is -9.32. The zero-order chi connectivity index (χ0) is 48.9. The number of rotatable bonds is 11. The van der Waals surface area contributed by atoms with Crippen molar-refractivity contribution in [3.63, 3.8) is 0 Å². The van der Waals surface area contributed by atoms with Gasteiger partial charge in [-0.1, -0.05) is 170 Å². The number of hydrogen-bond acceptors (Lipinski definition) is 5. The minimum atomic E-state index is -0.741. The molecule has 0 saturated carbocycles. The summed E-state index contributed by atoms with van der Waals surface area (Å²) in [5.74, 6) is 0. The van der Waals surface area contributed by atoms with E-state index in [1.54, 1.807) is 0 Å². The average molecular weight is 939 g/mol. The molecular weight excluding hydrogens is 889 g/mol. The van der Waals surface area contributed by atoms with Crippen molar-refractivity contribution in [2.75, 3.05) is 9.80 Å². The van der Waals surface area contributed by atoms with Crippen LogP contribution in [0.2, 0.25) is 0 Å². The van der Waals surface area contributed by atoms with Crippen molar-refractivity contribution in [2.24, 2.45) is 0 Å². The van der Waals surface area contributed by atoms with E-state index >= 15 is 0 Å². The standard InChI is InChI=1S/C68H50N4O/c1-46-27-33-58(43-69-46)71(55-35-29-50(30-36-55)48-17-7-3-8-18-48)45-52-41-64-65(60-25-15-16-26-63(60)73-64)66-61-42-57(39-40-62(61)68(67(52)66,53-21-11-5-12-22-53)54-23-13-6-14-24-54)72(59-34-28-47(2)70-44-59)56-37-31-51(32-38-56)49-19-9-4-10-20-49/h3-44H,45H2,1-2H3. The zero-order valence-electron chi connectivity index (χ0n) is 40.7. The molecule has 3 aromatic heterocycles. The molecule has 0 bridgehead atoms. The van der Waals surface area contributed by atoms with Gasteiger partial charge in [-0.05, 0) is 148 Å². The van der Waals surface area contributed by atoms with Crippen molar-refractivity contribution >= 4 is 50.4 Å². The molecule has 1 aliphatic carbocycles. The van der Waals surface area contributed by atoms with Crippen LogP contribution in [-0.2, 0) is 12.0 Å². The number of anilines is 5. The van der Waals surface area contributed by atoms with E-state index in [9.17, 15) is 0 Å². The second-order valence-electron chi connectivity index (χ2n) is 19.0. The third-order valence-electron chi connectivity index (χ3n) is 14.7. The van der Waals surface area contributed by atoms with Crippen molar-refractivity contribution in [2.45, 2.75) is 25.8 Å². The first-order chi connectivity index (χ1) is 36.0. The lowest BCUT2D eigenvalue weighted by Crippen LogP contribution is -2.31. The summed E-state index contributed by atoms with van der Waals surface area (Å²) in [5.41, 5.74) is 21.0. The average Bonchev–Trinajstić information content (AvgIpc) is 3.98. The summed E-state index contributed by atoms with van der Waals surface area (Å²) in [4.78, 5) is 14.5. The van der Waals surface area contributed by atoms with Gasteiger partial charge in [0.05, 0.1) is 29.2 Å². The molecule has 73 heavy (non-hydrogen) atoms. The lowest BCUT2D eigenvalue weighted by Gasteiger charge is -2.36. The van der Waals surface area contributed by atoms with Crippen molar-refractivity contribution < 1.29 is 4.42 Å². The molecule has 0 N–H and O–H groups in total. The Labute approximate surface area is 426 Å². The van der Waals surface area contributed by atoms with Crippen LogP contribution in [0.1, 0.15) is 39.2 Å². The number of nitrogens with zero attached hydrogens (tertiary/aromatic N) is 4. The van der Waals surface area contributed by atoms with Crippen LogP contribution >= 0.6 is 0 Å². The van der Waals surface area contributed by atoms with Gasteiger partial charge >= 0.3 is 0 Å². The van der Waals surface area contributed by atoms with Gasteiger partial charge in [-0.25, -0.2) is 0 Å². The van der Waals surface area contributed by atoms with Crippen LogP contribution in [0.15, 0.2) is 259 Å². The molecule has 13 rings (SSSR count). The quantitative estimate of drug-likeness (QED) is 0.129. The fraction of sp³-hybridized carbons (Fsp3) is 0.0588. The maximum absolute atomic E-state index is 7.01. The van der Waals surface area contributed by atoms with Crippen LogP contribution in [0.25, 0.3) is 55.3 Å². The molecule has 5 nitrogen and oxygen atoms in total. The van der Waals surface area contributed by atoms with Crippen molar-refractivity contribution in [3.05, 3.63) is 294 Å².